The molecule has 0 aliphatic rings. The molecule has 0 bridgehead atoms. The summed E-state index contributed by atoms with van der Waals surface area (Å²) >= 11 is 0. The van der Waals surface area contributed by atoms with E-state index < -0.39 is 0 Å². The van der Waals surface area contributed by atoms with Gasteiger partial charge in [0.1, 0.15) is 0 Å². The topological polar surface area (TPSA) is 62.8 Å². The largest absolute Gasteiger partial charge is 0.404 e. The molecule has 0 unspecified atom stereocenters. The van der Waals surface area contributed by atoms with Crippen LogP contribution in [0.4, 0.5) is 0 Å². The van der Waals surface area contributed by atoms with Crippen molar-refractivity contribution in [2.45, 2.75) is 0 Å². The van der Waals surface area contributed by atoms with Gasteiger partial charge in [-0.25, -0.2) is 0 Å². The Kier molecular flexibility index (Phi) is 6.35. The molecule has 2 aromatic rings. The summed E-state index contributed by atoms with van der Waals surface area (Å²) in [7, 11) is 1.74. The van der Waals surface area contributed by atoms with Crippen molar-refractivity contribution >= 4 is 23.6 Å². The van der Waals surface area contributed by atoms with Crippen LogP contribution in [0.3, 0.4) is 0 Å². The van der Waals surface area contributed by atoms with Gasteiger partial charge in [-0.3, -0.25) is 10.4 Å². The van der Waals surface area contributed by atoms with Crippen LogP contribution < -0.4 is 11.2 Å². The molecule has 23 heavy (non-hydrogen) atoms. The lowest BCUT2D eigenvalue weighted by atomic mass is 10.1. The van der Waals surface area contributed by atoms with E-state index in [-0.39, 0.29) is 0 Å². The molecule has 116 valence electrons. The van der Waals surface area contributed by atoms with Crippen LogP contribution in [0.1, 0.15) is 11.1 Å². The lowest BCUT2D eigenvalue weighted by molar-refractivity contribution is 0.981. The van der Waals surface area contributed by atoms with E-state index >= 15 is 0 Å². The summed E-state index contributed by atoms with van der Waals surface area (Å²) in [6.07, 6.45) is 6.82. The fourth-order valence-corrected chi connectivity index (χ4v) is 2.02. The van der Waals surface area contributed by atoms with Crippen molar-refractivity contribution in [3.8, 4) is 0 Å². The Balaban J connectivity index is 2.09. The second kappa shape index (κ2) is 9.00. The highest BCUT2D eigenvalue weighted by Gasteiger charge is 1.97. The van der Waals surface area contributed by atoms with Gasteiger partial charge in [-0.1, -0.05) is 60.7 Å². The number of allylic oxidation sites excluding steroid dienone is 2. The molecule has 0 atom stereocenters. The van der Waals surface area contributed by atoms with Gasteiger partial charge in [-0.2, -0.15) is 5.10 Å². The van der Waals surface area contributed by atoms with E-state index in [0.717, 1.165) is 22.3 Å². The minimum Gasteiger partial charge on any atom is -0.404 e. The van der Waals surface area contributed by atoms with E-state index in [0.29, 0.717) is 0 Å². The molecule has 4 nitrogen and oxygen atoms in total. The van der Waals surface area contributed by atoms with Gasteiger partial charge in [0.25, 0.3) is 0 Å². The maximum Gasteiger partial charge on any atom is 0.0564 e. The van der Waals surface area contributed by atoms with Crippen LogP contribution in [0.15, 0.2) is 83.2 Å². The number of hydrogen-bond acceptors (Lipinski definition) is 4. The Morgan fingerprint density at radius 2 is 1.43 bits per heavy atom. The molecule has 0 aliphatic heterocycles. The Morgan fingerprint density at radius 1 is 0.870 bits per heavy atom. The van der Waals surface area contributed by atoms with Crippen molar-refractivity contribution in [1.29, 1.82) is 0 Å². The maximum atomic E-state index is 5.67. The van der Waals surface area contributed by atoms with Gasteiger partial charge in [0.15, 0.2) is 0 Å². The Labute approximate surface area is 136 Å². The maximum absolute atomic E-state index is 5.67. The first-order chi connectivity index (χ1) is 11.3. The van der Waals surface area contributed by atoms with Crippen molar-refractivity contribution in [2.24, 2.45) is 15.8 Å². The zero-order chi connectivity index (χ0) is 16.3. The summed E-state index contributed by atoms with van der Waals surface area (Å²) < 4.78 is 0. The van der Waals surface area contributed by atoms with Crippen LogP contribution in [-0.4, -0.2) is 19.5 Å². The van der Waals surface area contributed by atoms with Crippen LogP contribution in [0, 0.1) is 0 Å². The molecule has 0 saturated carbocycles. The number of nitrogens with one attached hydrogen (secondary N) is 1. The van der Waals surface area contributed by atoms with Crippen molar-refractivity contribution < 1.29 is 0 Å². The molecule has 0 aromatic heterocycles. The fourth-order valence-electron chi connectivity index (χ4n) is 2.02. The molecule has 0 radical (unpaired) electrons. The first-order valence-corrected chi connectivity index (χ1v) is 7.29. The molecule has 2 aromatic carbocycles. The minimum absolute atomic E-state index is 0.844. The van der Waals surface area contributed by atoms with E-state index in [2.05, 4.69) is 15.5 Å². The monoisotopic (exact) mass is 304 g/mol. The Hall–Kier alpha value is -3.14. The summed E-state index contributed by atoms with van der Waals surface area (Å²) in [4.78, 5) is 4.07. The molecule has 0 spiro atoms. The SMILES string of the molecule is CN=C/C(=C\N/N=C/C(=C\N)c1ccccc1)c1ccccc1. The highest BCUT2D eigenvalue weighted by molar-refractivity contribution is 6.10. The third-order valence-electron chi connectivity index (χ3n) is 3.16. The highest BCUT2D eigenvalue weighted by atomic mass is 15.3. The summed E-state index contributed by atoms with van der Waals surface area (Å²) in [5.74, 6) is 0. The number of aliphatic imine (C=N–C) groups is 1. The molecule has 3 N–H and O–H groups in total. The lowest BCUT2D eigenvalue weighted by Crippen LogP contribution is -2.00. The molecule has 0 saturated heterocycles. The summed E-state index contributed by atoms with van der Waals surface area (Å²) in [5, 5.41) is 4.21. The van der Waals surface area contributed by atoms with Gasteiger partial charge >= 0.3 is 0 Å². The van der Waals surface area contributed by atoms with Crippen LogP contribution in [0.25, 0.3) is 11.1 Å². The minimum atomic E-state index is 0.844. The van der Waals surface area contributed by atoms with Gasteiger partial charge in [-0.15, -0.1) is 0 Å². The molecule has 0 fully saturated rings. The van der Waals surface area contributed by atoms with Gasteiger partial charge in [0, 0.05) is 36.8 Å². The van der Waals surface area contributed by atoms with E-state index in [9.17, 15) is 0 Å². The normalized spacial score (nSPS) is 12.9. The summed E-state index contributed by atoms with van der Waals surface area (Å²) in [6, 6.07) is 19.9. The zero-order valence-corrected chi connectivity index (χ0v) is 13.1. The third-order valence-corrected chi connectivity index (χ3v) is 3.16. The first kappa shape index (κ1) is 16.2. The van der Waals surface area contributed by atoms with Crippen LogP contribution in [0.5, 0.6) is 0 Å². The summed E-state index contributed by atoms with van der Waals surface area (Å²) in [5.41, 5.74) is 12.5. The van der Waals surface area contributed by atoms with Crippen molar-refractivity contribution in [3.63, 3.8) is 0 Å². The average Bonchev–Trinajstić information content (AvgIpc) is 2.62. The lowest BCUT2D eigenvalue weighted by Gasteiger charge is -2.02. The second-order valence-electron chi connectivity index (χ2n) is 4.73. The van der Waals surface area contributed by atoms with Crippen LogP contribution in [0.2, 0.25) is 0 Å². The molecule has 0 amide bonds. The van der Waals surface area contributed by atoms with Crippen molar-refractivity contribution in [2.75, 3.05) is 7.05 Å². The van der Waals surface area contributed by atoms with Crippen molar-refractivity contribution in [3.05, 3.63) is 84.2 Å². The van der Waals surface area contributed by atoms with Crippen molar-refractivity contribution in [1.82, 2.24) is 5.43 Å². The predicted molar refractivity (Wildman–Crippen MR) is 99.1 cm³/mol. The van der Waals surface area contributed by atoms with E-state index in [4.69, 9.17) is 5.73 Å². The molecule has 2 rings (SSSR count). The Bertz CT molecular complexity index is 714. The number of hydrazone groups is 1. The van der Waals surface area contributed by atoms with Gasteiger partial charge in [0.05, 0.1) is 6.21 Å². The summed E-state index contributed by atoms with van der Waals surface area (Å²) in [6.45, 7) is 0. The smallest absolute Gasteiger partial charge is 0.0564 e. The quantitative estimate of drug-likeness (QED) is 0.635. The zero-order valence-electron chi connectivity index (χ0n) is 13.1. The van der Waals surface area contributed by atoms with Gasteiger partial charge in [-0.05, 0) is 11.1 Å². The molecule has 0 aliphatic carbocycles. The number of nitrogens with two attached hydrogens (primary N) is 1. The Morgan fingerprint density at radius 3 is 1.96 bits per heavy atom. The molecular weight excluding hydrogens is 284 g/mol. The number of rotatable bonds is 6. The van der Waals surface area contributed by atoms with Gasteiger partial charge in [0.2, 0.25) is 0 Å². The number of benzene rings is 2. The molecular formula is C19H20N4. The second-order valence-corrected chi connectivity index (χ2v) is 4.73. The average molecular weight is 304 g/mol. The fraction of sp³-hybridized carbons (Fsp3) is 0.0526. The van der Waals surface area contributed by atoms with E-state index in [1.807, 2.05) is 60.7 Å². The number of hydrogen-bond donors (Lipinski definition) is 2. The number of nitrogens with zero attached hydrogens (tertiary/aromatic N) is 2. The predicted octanol–water partition coefficient (Wildman–Crippen LogP) is 3.30. The van der Waals surface area contributed by atoms with Gasteiger partial charge < -0.3 is 5.73 Å². The van der Waals surface area contributed by atoms with E-state index in [1.54, 1.807) is 25.7 Å². The van der Waals surface area contributed by atoms with E-state index in [1.165, 1.54) is 6.20 Å². The van der Waals surface area contributed by atoms with Crippen LogP contribution >= 0.6 is 0 Å². The standard InChI is InChI=1S/C19H20N4/c1-21-13-19(17-10-6-3-7-11-17)15-23-22-14-18(12-20)16-8-4-2-5-9-16/h2-15,23H,20H2,1H3/b18-12+,19-15+,21-13?,22-14+. The highest BCUT2D eigenvalue weighted by Crippen LogP contribution is 2.11. The third kappa shape index (κ3) is 4.97. The first-order valence-electron chi connectivity index (χ1n) is 7.29. The molecule has 0 heterocycles. The molecule has 4 heteroatoms. The van der Waals surface area contributed by atoms with Crippen LogP contribution in [-0.2, 0) is 0 Å².